The molecule has 0 aliphatic heterocycles. The van der Waals surface area contributed by atoms with Gasteiger partial charge >= 0.3 is 0 Å². The number of ether oxygens (including phenoxy) is 1. The lowest BCUT2D eigenvalue weighted by molar-refractivity contribution is 0.0914. The molecular formula is C18H15ClN2O3. The number of nitrogens with zero attached hydrogens (tertiary/aromatic N) is 1. The summed E-state index contributed by atoms with van der Waals surface area (Å²) in [7, 11) is 1.61. The molecule has 0 saturated heterocycles. The van der Waals surface area contributed by atoms with Crippen LogP contribution in [0.3, 0.4) is 0 Å². The molecule has 3 rings (SSSR count). The number of amides is 1. The Kier molecular flexibility index (Phi) is 4.82. The highest BCUT2D eigenvalue weighted by atomic mass is 35.5. The molecule has 0 radical (unpaired) electrons. The van der Waals surface area contributed by atoms with Crippen molar-refractivity contribution in [3.63, 3.8) is 0 Å². The summed E-state index contributed by atoms with van der Waals surface area (Å²) in [5.41, 5.74) is 2.31. The van der Waals surface area contributed by atoms with Gasteiger partial charge in [0.05, 0.1) is 7.11 Å². The van der Waals surface area contributed by atoms with Crippen molar-refractivity contribution in [1.82, 2.24) is 10.5 Å². The molecule has 1 heterocycles. The number of hydrogen-bond acceptors (Lipinski definition) is 4. The lowest BCUT2D eigenvalue weighted by Gasteiger charge is -2.04. The quantitative estimate of drug-likeness (QED) is 0.763. The second-order valence-corrected chi connectivity index (χ2v) is 5.55. The van der Waals surface area contributed by atoms with Crippen LogP contribution in [0.25, 0.3) is 11.3 Å². The van der Waals surface area contributed by atoms with E-state index in [0.717, 1.165) is 16.9 Å². The van der Waals surface area contributed by atoms with E-state index >= 15 is 0 Å². The van der Waals surface area contributed by atoms with Gasteiger partial charge in [-0.2, -0.15) is 0 Å². The zero-order valence-electron chi connectivity index (χ0n) is 13.0. The molecule has 0 atom stereocenters. The SMILES string of the molecule is COc1ccc(CNC(=O)c2cc(-c3cccc(Cl)c3)no2)cc1. The number of benzene rings is 2. The molecule has 1 N–H and O–H groups in total. The number of rotatable bonds is 5. The van der Waals surface area contributed by atoms with Crippen molar-refractivity contribution in [1.29, 1.82) is 0 Å². The third-order valence-corrected chi connectivity index (χ3v) is 3.70. The van der Waals surface area contributed by atoms with E-state index in [9.17, 15) is 4.79 Å². The van der Waals surface area contributed by atoms with E-state index < -0.39 is 0 Å². The molecule has 5 nitrogen and oxygen atoms in total. The molecule has 1 amide bonds. The Bertz CT molecular complexity index is 843. The van der Waals surface area contributed by atoms with Crippen LogP contribution in [0.2, 0.25) is 5.02 Å². The van der Waals surface area contributed by atoms with E-state index in [1.165, 1.54) is 0 Å². The van der Waals surface area contributed by atoms with Crippen molar-refractivity contribution in [2.75, 3.05) is 7.11 Å². The Morgan fingerprint density at radius 3 is 2.71 bits per heavy atom. The average Bonchev–Trinajstić information content (AvgIpc) is 3.10. The molecule has 1 aromatic heterocycles. The predicted octanol–water partition coefficient (Wildman–Crippen LogP) is 3.93. The lowest BCUT2D eigenvalue weighted by atomic mass is 10.1. The van der Waals surface area contributed by atoms with Gasteiger partial charge in [0.15, 0.2) is 0 Å². The first kappa shape index (κ1) is 16.1. The molecule has 122 valence electrons. The maximum absolute atomic E-state index is 12.2. The van der Waals surface area contributed by atoms with Gasteiger partial charge in [0.25, 0.3) is 5.91 Å². The summed E-state index contributed by atoms with van der Waals surface area (Å²) >= 11 is 5.96. The van der Waals surface area contributed by atoms with Crippen molar-refractivity contribution < 1.29 is 14.1 Å². The zero-order valence-corrected chi connectivity index (χ0v) is 13.7. The Morgan fingerprint density at radius 1 is 1.21 bits per heavy atom. The molecule has 0 aliphatic carbocycles. The second-order valence-electron chi connectivity index (χ2n) is 5.12. The Hall–Kier alpha value is -2.79. The van der Waals surface area contributed by atoms with Crippen molar-refractivity contribution >= 4 is 17.5 Å². The van der Waals surface area contributed by atoms with Crippen LogP contribution in [0.1, 0.15) is 16.1 Å². The number of carbonyl (C=O) groups excluding carboxylic acids is 1. The average molecular weight is 343 g/mol. The normalized spacial score (nSPS) is 10.4. The molecular weight excluding hydrogens is 328 g/mol. The van der Waals surface area contributed by atoms with E-state index in [-0.39, 0.29) is 11.7 Å². The molecule has 2 aromatic carbocycles. The molecule has 6 heteroatoms. The highest BCUT2D eigenvalue weighted by Crippen LogP contribution is 2.22. The smallest absolute Gasteiger partial charge is 0.290 e. The summed E-state index contributed by atoms with van der Waals surface area (Å²) < 4.78 is 10.2. The van der Waals surface area contributed by atoms with Crippen LogP contribution in [-0.4, -0.2) is 18.2 Å². The summed E-state index contributed by atoms with van der Waals surface area (Å²) in [5, 5.41) is 7.30. The first-order valence-corrected chi connectivity index (χ1v) is 7.67. The first-order valence-electron chi connectivity index (χ1n) is 7.29. The molecule has 0 saturated carbocycles. The van der Waals surface area contributed by atoms with Crippen LogP contribution in [0.15, 0.2) is 59.1 Å². The van der Waals surface area contributed by atoms with Crippen molar-refractivity contribution in [2.45, 2.75) is 6.54 Å². The molecule has 0 bridgehead atoms. The minimum Gasteiger partial charge on any atom is -0.497 e. The fraction of sp³-hybridized carbons (Fsp3) is 0.111. The topological polar surface area (TPSA) is 64.4 Å². The van der Waals surface area contributed by atoms with Gasteiger partial charge in [-0.05, 0) is 29.8 Å². The number of nitrogens with one attached hydrogen (secondary N) is 1. The lowest BCUT2D eigenvalue weighted by Crippen LogP contribution is -2.22. The van der Waals surface area contributed by atoms with E-state index in [2.05, 4.69) is 10.5 Å². The number of aromatic nitrogens is 1. The standard InChI is InChI=1S/C18H15ClN2O3/c1-23-15-7-5-12(6-8-15)11-20-18(22)17-10-16(21-24-17)13-3-2-4-14(19)9-13/h2-10H,11H2,1H3,(H,20,22). The first-order chi connectivity index (χ1) is 11.7. The van der Waals surface area contributed by atoms with Crippen LogP contribution in [0, 0.1) is 0 Å². The van der Waals surface area contributed by atoms with E-state index in [1.807, 2.05) is 36.4 Å². The maximum atomic E-state index is 12.2. The second kappa shape index (κ2) is 7.19. The summed E-state index contributed by atoms with van der Waals surface area (Å²) in [4.78, 5) is 12.2. The monoisotopic (exact) mass is 342 g/mol. The molecule has 3 aromatic rings. The Balaban J connectivity index is 1.65. The van der Waals surface area contributed by atoms with Crippen molar-refractivity contribution in [2.24, 2.45) is 0 Å². The van der Waals surface area contributed by atoms with Crippen LogP contribution in [0.5, 0.6) is 5.75 Å². The molecule has 0 aliphatic rings. The zero-order chi connectivity index (χ0) is 16.9. The van der Waals surface area contributed by atoms with Crippen LogP contribution in [-0.2, 0) is 6.54 Å². The minimum atomic E-state index is -0.327. The van der Waals surface area contributed by atoms with E-state index in [1.54, 1.807) is 25.3 Å². The number of hydrogen-bond donors (Lipinski definition) is 1. The van der Waals surface area contributed by atoms with Crippen LogP contribution in [0.4, 0.5) is 0 Å². The van der Waals surface area contributed by atoms with E-state index in [0.29, 0.717) is 17.3 Å². The van der Waals surface area contributed by atoms with Gasteiger partial charge in [-0.25, -0.2) is 0 Å². The van der Waals surface area contributed by atoms with Crippen LogP contribution >= 0.6 is 11.6 Å². The van der Waals surface area contributed by atoms with Gasteiger partial charge in [-0.15, -0.1) is 0 Å². The fourth-order valence-electron chi connectivity index (χ4n) is 2.18. The van der Waals surface area contributed by atoms with Gasteiger partial charge in [-0.3, -0.25) is 4.79 Å². The largest absolute Gasteiger partial charge is 0.497 e. The van der Waals surface area contributed by atoms with Crippen molar-refractivity contribution in [3.8, 4) is 17.0 Å². The van der Waals surface area contributed by atoms with E-state index in [4.69, 9.17) is 20.9 Å². The highest BCUT2D eigenvalue weighted by Gasteiger charge is 2.14. The van der Waals surface area contributed by atoms with Gasteiger partial charge < -0.3 is 14.6 Å². The van der Waals surface area contributed by atoms with Gasteiger partial charge in [0.2, 0.25) is 5.76 Å². The summed E-state index contributed by atoms with van der Waals surface area (Å²) in [6, 6.07) is 16.2. The van der Waals surface area contributed by atoms with Crippen molar-refractivity contribution in [3.05, 3.63) is 70.9 Å². The summed E-state index contributed by atoms with van der Waals surface area (Å²) in [5.74, 6) is 0.594. The molecule has 0 fully saturated rings. The number of halogens is 1. The molecule has 24 heavy (non-hydrogen) atoms. The Labute approximate surface area is 144 Å². The van der Waals surface area contributed by atoms with Gasteiger partial charge in [0, 0.05) is 23.2 Å². The molecule has 0 unspecified atom stereocenters. The Morgan fingerprint density at radius 2 is 2.00 bits per heavy atom. The van der Waals surface area contributed by atoms with Crippen LogP contribution < -0.4 is 10.1 Å². The maximum Gasteiger partial charge on any atom is 0.290 e. The number of carbonyl (C=O) groups is 1. The van der Waals surface area contributed by atoms with Gasteiger partial charge in [-0.1, -0.05) is 41.0 Å². The summed E-state index contributed by atoms with van der Waals surface area (Å²) in [6.07, 6.45) is 0. The predicted molar refractivity (Wildman–Crippen MR) is 91.1 cm³/mol. The molecule has 0 spiro atoms. The fourth-order valence-corrected chi connectivity index (χ4v) is 2.37. The number of methoxy groups -OCH3 is 1. The summed E-state index contributed by atoms with van der Waals surface area (Å²) in [6.45, 7) is 0.385. The third-order valence-electron chi connectivity index (χ3n) is 3.47. The third kappa shape index (κ3) is 3.75. The minimum absolute atomic E-state index is 0.151. The highest BCUT2D eigenvalue weighted by molar-refractivity contribution is 6.30. The van der Waals surface area contributed by atoms with Gasteiger partial charge in [0.1, 0.15) is 11.4 Å².